The average molecular weight is 394 g/mol. The van der Waals surface area contributed by atoms with Crippen LogP contribution in [0.25, 0.3) is 0 Å². The van der Waals surface area contributed by atoms with Gasteiger partial charge < -0.3 is 4.90 Å². The van der Waals surface area contributed by atoms with Gasteiger partial charge in [-0.05, 0) is 41.4 Å². The van der Waals surface area contributed by atoms with Gasteiger partial charge >= 0.3 is 0 Å². The third-order valence-corrected chi connectivity index (χ3v) is 6.96. The van der Waals surface area contributed by atoms with Gasteiger partial charge in [-0.3, -0.25) is 4.90 Å². The molecule has 1 saturated heterocycles. The topological polar surface area (TPSA) is 52.6 Å². The predicted octanol–water partition coefficient (Wildman–Crippen LogP) is 2.20. The second kappa shape index (κ2) is 9.10. The quantitative estimate of drug-likeness (QED) is 0.747. The number of aryl methyl sites for hydroxylation is 1. The highest BCUT2D eigenvalue weighted by molar-refractivity contribution is 7.89. The highest BCUT2D eigenvalue weighted by atomic mass is 32.2. The summed E-state index contributed by atoms with van der Waals surface area (Å²) in [6.45, 7) is 4.38. The molecule has 26 heavy (non-hydrogen) atoms. The molecule has 1 fully saturated rings. The molecule has 1 atom stereocenters. The standard InChI is InChI=1S/C19H27N3O2S2/c1-21-9-11-22(12-10-21)19(18-7-13-25-16-18)15-20-26(23,24)14-8-17-5-3-2-4-6-17/h2-7,13,16,19-20H,8-12,14-15H2,1H3/t19-/m1/s1. The van der Waals surface area contributed by atoms with Gasteiger partial charge in [0.05, 0.1) is 5.75 Å². The van der Waals surface area contributed by atoms with Crippen molar-refractivity contribution in [1.82, 2.24) is 14.5 Å². The highest BCUT2D eigenvalue weighted by Crippen LogP contribution is 2.24. The predicted molar refractivity (Wildman–Crippen MR) is 108 cm³/mol. The molecule has 2 aromatic rings. The number of hydrogen-bond donors (Lipinski definition) is 1. The van der Waals surface area contributed by atoms with Crippen molar-refractivity contribution >= 4 is 21.4 Å². The minimum absolute atomic E-state index is 0.0986. The molecule has 142 valence electrons. The van der Waals surface area contributed by atoms with E-state index >= 15 is 0 Å². The van der Waals surface area contributed by atoms with Crippen LogP contribution in [-0.4, -0.2) is 63.7 Å². The Bertz CT molecular complexity index is 755. The molecule has 7 heteroatoms. The lowest BCUT2D eigenvalue weighted by Gasteiger charge is -2.37. The third-order valence-electron chi connectivity index (χ3n) is 4.91. The van der Waals surface area contributed by atoms with Crippen LogP contribution in [0, 0.1) is 0 Å². The molecule has 0 amide bonds. The summed E-state index contributed by atoms with van der Waals surface area (Å²) in [5, 5.41) is 4.18. The van der Waals surface area contributed by atoms with Gasteiger partial charge in [0.25, 0.3) is 0 Å². The Hall–Kier alpha value is -1.25. The number of nitrogens with one attached hydrogen (secondary N) is 1. The van der Waals surface area contributed by atoms with Crippen LogP contribution in [0.2, 0.25) is 0 Å². The molecule has 1 aromatic carbocycles. The first-order chi connectivity index (χ1) is 12.5. The molecule has 1 aromatic heterocycles. The summed E-state index contributed by atoms with van der Waals surface area (Å²) in [5.74, 6) is 0.121. The fourth-order valence-electron chi connectivity index (χ4n) is 3.23. The van der Waals surface area contributed by atoms with Gasteiger partial charge in [-0.15, -0.1) is 0 Å². The Morgan fingerprint density at radius 3 is 2.50 bits per heavy atom. The molecule has 0 bridgehead atoms. The molecule has 3 rings (SSSR count). The smallest absolute Gasteiger partial charge is 0.211 e. The molecule has 0 saturated carbocycles. The van der Waals surface area contributed by atoms with Crippen LogP contribution in [0.5, 0.6) is 0 Å². The summed E-state index contributed by atoms with van der Waals surface area (Å²) in [6.07, 6.45) is 0.536. The number of piperazine rings is 1. The third kappa shape index (κ3) is 5.62. The molecular weight excluding hydrogens is 366 g/mol. The number of benzene rings is 1. The molecule has 0 unspecified atom stereocenters. The Balaban J connectivity index is 1.60. The Morgan fingerprint density at radius 1 is 1.12 bits per heavy atom. The molecule has 2 heterocycles. The van der Waals surface area contributed by atoms with Crippen LogP contribution in [-0.2, 0) is 16.4 Å². The summed E-state index contributed by atoms with van der Waals surface area (Å²) >= 11 is 1.66. The van der Waals surface area contributed by atoms with Crippen LogP contribution in [0.1, 0.15) is 17.2 Å². The maximum atomic E-state index is 12.5. The minimum Gasteiger partial charge on any atom is -0.304 e. The fraction of sp³-hybridized carbons (Fsp3) is 0.474. The first kappa shape index (κ1) is 19.5. The summed E-state index contributed by atoms with van der Waals surface area (Å²) in [6, 6.07) is 12.0. The molecular formula is C19H27N3O2S2. The van der Waals surface area contributed by atoms with Crippen molar-refractivity contribution in [1.29, 1.82) is 0 Å². The van der Waals surface area contributed by atoms with Crippen molar-refractivity contribution in [3.63, 3.8) is 0 Å². The number of nitrogens with zero attached hydrogens (tertiary/aromatic N) is 2. The summed E-state index contributed by atoms with van der Waals surface area (Å²) < 4.78 is 27.8. The summed E-state index contributed by atoms with van der Waals surface area (Å²) in [5.41, 5.74) is 2.25. The monoisotopic (exact) mass is 393 g/mol. The summed E-state index contributed by atoms with van der Waals surface area (Å²) in [4.78, 5) is 4.70. The normalized spacial score (nSPS) is 18.0. The van der Waals surface area contributed by atoms with E-state index in [1.165, 1.54) is 5.56 Å². The van der Waals surface area contributed by atoms with Crippen molar-refractivity contribution in [3.8, 4) is 0 Å². The molecule has 0 aliphatic carbocycles. The fourth-order valence-corrected chi connectivity index (χ4v) is 5.00. The minimum atomic E-state index is -3.30. The van der Waals surface area contributed by atoms with Crippen LogP contribution >= 0.6 is 11.3 Å². The van der Waals surface area contributed by atoms with E-state index in [4.69, 9.17) is 0 Å². The van der Waals surface area contributed by atoms with Gasteiger partial charge in [-0.25, -0.2) is 13.1 Å². The van der Waals surface area contributed by atoms with Crippen LogP contribution < -0.4 is 4.72 Å². The van der Waals surface area contributed by atoms with E-state index in [2.05, 4.69) is 38.4 Å². The van der Waals surface area contributed by atoms with Gasteiger partial charge in [0.15, 0.2) is 0 Å². The lowest BCUT2D eigenvalue weighted by atomic mass is 10.1. The van der Waals surface area contributed by atoms with E-state index in [1.54, 1.807) is 11.3 Å². The molecule has 0 spiro atoms. The Morgan fingerprint density at radius 2 is 1.85 bits per heavy atom. The number of thiophene rings is 1. The maximum Gasteiger partial charge on any atom is 0.211 e. The number of likely N-dealkylation sites (N-methyl/N-ethyl adjacent to an activating group) is 1. The Labute approximate surface area is 160 Å². The number of rotatable bonds is 8. The first-order valence-corrected chi connectivity index (χ1v) is 11.6. The van der Waals surface area contributed by atoms with Crippen molar-refractivity contribution in [2.45, 2.75) is 12.5 Å². The molecule has 0 radical (unpaired) electrons. The van der Waals surface area contributed by atoms with E-state index in [-0.39, 0.29) is 11.8 Å². The number of hydrogen-bond acceptors (Lipinski definition) is 5. The first-order valence-electron chi connectivity index (χ1n) is 8.99. The molecule has 1 N–H and O–H groups in total. The van der Waals surface area contributed by atoms with Crippen molar-refractivity contribution in [3.05, 3.63) is 58.3 Å². The number of sulfonamides is 1. The summed E-state index contributed by atoms with van der Waals surface area (Å²) in [7, 11) is -1.17. The lowest BCUT2D eigenvalue weighted by Crippen LogP contribution is -2.48. The van der Waals surface area contributed by atoms with Gasteiger partial charge in [0, 0.05) is 38.8 Å². The molecule has 1 aliphatic rings. The highest BCUT2D eigenvalue weighted by Gasteiger charge is 2.25. The van der Waals surface area contributed by atoms with Gasteiger partial charge in [0.2, 0.25) is 10.0 Å². The van der Waals surface area contributed by atoms with E-state index < -0.39 is 10.0 Å². The van der Waals surface area contributed by atoms with E-state index in [0.29, 0.717) is 13.0 Å². The lowest BCUT2D eigenvalue weighted by molar-refractivity contribution is 0.113. The second-order valence-electron chi connectivity index (χ2n) is 6.81. The SMILES string of the molecule is CN1CCN([C@H](CNS(=O)(=O)CCc2ccccc2)c2ccsc2)CC1. The largest absolute Gasteiger partial charge is 0.304 e. The molecule has 1 aliphatic heterocycles. The van der Waals surface area contributed by atoms with Gasteiger partial charge in [-0.1, -0.05) is 30.3 Å². The zero-order chi connectivity index (χ0) is 18.4. The van der Waals surface area contributed by atoms with E-state index in [1.807, 2.05) is 30.3 Å². The molecule has 5 nitrogen and oxygen atoms in total. The van der Waals surface area contributed by atoms with Crippen molar-refractivity contribution in [2.75, 3.05) is 45.5 Å². The van der Waals surface area contributed by atoms with Gasteiger partial charge in [-0.2, -0.15) is 11.3 Å². The van der Waals surface area contributed by atoms with Crippen molar-refractivity contribution in [2.24, 2.45) is 0 Å². The van der Waals surface area contributed by atoms with Gasteiger partial charge in [0.1, 0.15) is 0 Å². The van der Waals surface area contributed by atoms with Crippen LogP contribution in [0.15, 0.2) is 47.2 Å². The zero-order valence-electron chi connectivity index (χ0n) is 15.2. The van der Waals surface area contributed by atoms with Crippen molar-refractivity contribution < 1.29 is 8.42 Å². The van der Waals surface area contributed by atoms with E-state index in [0.717, 1.165) is 31.7 Å². The van der Waals surface area contributed by atoms with E-state index in [9.17, 15) is 8.42 Å². The average Bonchev–Trinajstić information content (AvgIpc) is 3.17. The maximum absolute atomic E-state index is 12.5. The second-order valence-corrected chi connectivity index (χ2v) is 9.52. The van der Waals surface area contributed by atoms with Crippen LogP contribution in [0.3, 0.4) is 0 Å². The Kier molecular flexibility index (Phi) is 6.83. The zero-order valence-corrected chi connectivity index (χ0v) is 16.8. The van der Waals surface area contributed by atoms with Crippen LogP contribution in [0.4, 0.5) is 0 Å².